The van der Waals surface area contributed by atoms with Crippen molar-refractivity contribution >= 4 is 5.78 Å². The predicted molar refractivity (Wildman–Crippen MR) is 85.5 cm³/mol. The van der Waals surface area contributed by atoms with Gasteiger partial charge in [-0.05, 0) is 23.1 Å². The van der Waals surface area contributed by atoms with E-state index in [1.165, 1.54) is 12.1 Å². The minimum atomic E-state index is -0.700. The number of Topliss-reactive ketones (excluding diaryl/α,β-unsaturated/α-hetero) is 1. The quantitative estimate of drug-likeness (QED) is 0.683. The second kappa shape index (κ2) is 5.31. The summed E-state index contributed by atoms with van der Waals surface area (Å²) in [6, 6.07) is 6.24. The van der Waals surface area contributed by atoms with Crippen LogP contribution >= 0.6 is 0 Å². The van der Waals surface area contributed by atoms with Crippen LogP contribution in [0.5, 0.6) is 11.5 Å². The third kappa shape index (κ3) is 2.48. The van der Waals surface area contributed by atoms with Crippen molar-refractivity contribution in [2.45, 2.75) is 32.6 Å². The molecule has 0 saturated carbocycles. The van der Waals surface area contributed by atoms with Crippen LogP contribution < -0.4 is 5.73 Å². The van der Waals surface area contributed by atoms with Crippen molar-refractivity contribution in [3.05, 3.63) is 46.6 Å². The molecule has 0 saturated heterocycles. The average Bonchev–Trinajstić information content (AvgIpc) is 2.47. The minimum absolute atomic E-state index is 0.0284. The highest BCUT2D eigenvalue weighted by Crippen LogP contribution is 2.48. The fourth-order valence-corrected chi connectivity index (χ4v) is 3.34. The van der Waals surface area contributed by atoms with Crippen LogP contribution in [0, 0.1) is 16.7 Å². The molecule has 6 heteroatoms. The zero-order chi connectivity index (χ0) is 17.6. The number of phenols is 2. The Morgan fingerprint density at radius 3 is 2.62 bits per heavy atom. The monoisotopic (exact) mass is 326 g/mol. The molecule has 0 amide bonds. The number of nitrogens with zero attached hydrogens (tertiary/aromatic N) is 1. The Labute approximate surface area is 139 Å². The Kier molecular flexibility index (Phi) is 3.52. The molecule has 4 N–H and O–H groups in total. The van der Waals surface area contributed by atoms with E-state index in [-0.39, 0.29) is 34.2 Å². The third-order valence-corrected chi connectivity index (χ3v) is 4.41. The number of ketones is 1. The maximum absolute atomic E-state index is 12.7. The number of nitrogens with two attached hydrogens (primary N) is 1. The molecule has 1 aliphatic heterocycles. The van der Waals surface area contributed by atoms with E-state index >= 15 is 0 Å². The molecule has 0 bridgehead atoms. The van der Waals surface area contributed by atoms with Crippen LogP contribution in [0.4, 0.5) is 0 Å². The van der Waals surface area contributed by atoms with E-state index in [9.17, 15) is 20.3 Å². The molecule has 1 aromatic carbocycles. The molecule has 24 heavy (non-hydrogen) atoms. The Hall–Kier alpha value is -2.94. The third-order valence-electron chi connectivity index (χ3n) is 4.41. The zero-order valence-electron chi connectivity index (χ0n) is 13.5. The number of benzene rings is 1. The number of aromatic hydroxyl groups is 2. The van der Waals surface area contributed by atoms with E-state index in [0.29, 0.717) is 29.7 Å². The van der Waals surface area contributed by atoms with E-state index < -0.39 is 5.92 Å². The van der Waals surface area contributed by atoms with Crippen molar-refractivity contribution in [1.29, 1.82) is 5.26 Å². The summed E-state index contributed by atoms with van der Waals surface area (Å²) in [5.41, 5.74) is 6.70. The highest BCUT2D eigenvalue weighted by Gasteiger charge is 2.43. The highest BCUT2D eigenvalue weighted by molar-refractivity contribution is 6.00. The first-order valence-corrected chi connectivity index (χ1v) is 7.59. The number of ether oxygens (including phenoxy) is 1. The fraction of sp³-hybridized carbons (Fsp3) is 0.333. The van der Waals surface area contributed by atoms with Gasteiger partial charge in [0.1, 0.15) is 17.4 Å². The molecule has 1 heterocycles. The normalized spacial score (nSPS) is 22.7. The first-order valence-electron chi connectivity index (χ1n) is 7.59. The Morgan fingerprint density at radius 2 is 2.00 bits per heavy atom. The number of phenolic OH excluding ortho intramolecular Hbond substituents is 2. The van der Waals surface area contributed by atoms with Gasteiger partial charge in [0.15, 0.2) is 17.3 Å². The van der Waals surface area contributed by atoms with E-state index in [4.69, 9.17) is 10.5 Å². The van der Waals surface area contributed by atoms with Gasteiger partial charge in [0.25, 0.3) is 0 Å². The zero-order valence-corrected chi connectivity index (χ0v) is 13.5. The van der Waals surface area contributed by atoms with Crippen molar-refractivity contribution in [2.75, 3.05) is 0 Å². The lowest BCUT2D eigenvalue weighted by Gasteiger charge is -2.37. The Balaban J connectivity index is 2.20. The van der Waals surface area contributed by atoms with Crippen LogP contribution in [0.15, 0.2) is 41.0 Å². The largest absolute Gasteiger partial charge is 0.504 e. The summed E-state index contributed by atoms with van der Waals surface area (Å²) in [5, 5.41) is 28.8. The van der Waals surface area contributed by atoms with Gasteiger partial charge in [-0.1, -0.05) is 19.9 Å². The molecule has 124 valence electrons. The summed E-state index contributed by atoms with van der Waals surface area (Å²) in [6.07, 6.45) is 0.877. The molecule has 1 aliphatic carbocycles. The van der Waals surface area contributed by atoms with E-state index in [0.717, 1.165) is 0 Å². The average molecular weight is 326 g/mol. The Bertz CT molecular complexity index is 843. The first kappa shape index (κ1) is 15.9. The van der Waals surface area contributed by atoms with E-state index in [1.807, 2.05) is 19.9 Å². The molecule has 0 unspecified atom stereocenters. The van der Waals surface area contributed by atoms with Gasteiger partial charge in [-0.15, -0.1) is 0 Å². The van der Waals surface area contributed by atoms with Gasteiger partial charge in [0, 0.05) is 18.4 Å². The van der Waals surface area contributed by atoms with Crippen molar-refractivity contribution < 1.29 is 19.7 Å². The topological polar surface area (TPSA) is 117 Å². The van der Waals surface area contributed by atoms with Crippen molar-refractivity contribution in [3.8, 4) is 17.6 Å². The number of rotatable bonds is 1. The van der Waals surface area contributed by atoms with Gasteiger partial charge in [-0.25, -0.2) is 0 Å². The number of carbonyl (C=O) groups is 1. The minimum Gasteiger partial charge on any atom is -0.504 e. The van der Waals surface area contributed by atoms with Crippen LogP contribution in [0.3, 0.4) is 0 Å². The van der Waals surface area contributed by atoms with Gasteiger partial charge < -0.3 is 20.7 Å². The summed E-state index contributed by atoms with van der Waals surface area (Å²) < 4.78 is 5.59. The second-order valence-electron chi connectivity index (χ2n) is 6.95. The summed E-state index contributed by atoms with van der Waals surface area (Å²) in [4.78, 5) is 12.7. The first-order chi connectivity index (χ1) is 11.2. The van der Waals surface area contributed by atoms with Crippen molar-refractivity contribution in [1.82, 2.24) is 0 Å². The molecule has 0 radical (unpaired) electrons. The number of nitriles is 1. The summed E-state index contributed by atoms with van der Waals surface area (Å²) in [5.74, 6) is -0.940. The molecule has 1 aromatic rings. The van der Waals surface area contributed by atoms with Gasteiger partial charge in [0.05, 0.1) is 5.92 Å². The SMILES string of the molecule is CC1(C)CC(=O)C2=C(C1)OC(N)=C(C#N)[C@@H]2c1ccc(O)c(O)c1. The lowest BCUT2D eigenvalue weighted by Crippen LogP contribution is -2.33. The number of hydrogen-bond donors (Lipinski definition) is 3. The molecule has 6 nitrogen and oxygen atoms in total. The van der Waals surface area contributed by atoms with Crippen LogP contribution in [0.2, 0.25) is 0 Å². The standard InChI is InChI=1S/C18H18N2O4/c1-18(2)6-13(23)16-14(7-18)24-17(20)10(8-19)15(16)9-3-4-11(21)12(22)5-9/h3-5,15,21-22H,6-7,20H2,1-2H3/t15-/m0/s1. The van der Waals surface area contributed by atoms with Crippen molar-refractivity contribution in [3.63, 3.8) is 0 Å². The summed E-state index contributed by atoms with van der Waals surface area (Å²) >= 11 is 0. The summed E-state index contributed by atoms with van der Waals surface area (Å²) in [6.45, 7) is 3.94. The molecular weight excluding hydrogens is 308 g/mol. The van der Waals surface area contributed by atoms with E-state index in [2.05, 4.69) is 0 Å². The molecule has 0 fully saturated rings. The highest BCUT2D eigenvalue weighted by atomic mass is 16.5. The van der Waals surface area contributed by atoms with Crippen LogP contribution in [0.25, 0.3) is 0 Å². The lowest BCUT2D eigenvalue weighted by atomic mass is 9.70. The molecule has 0 spiro atoms. The van der Waals surface area contributed by atoms with Crippen molar-refractivity contribution in [2.24, 2.45) is 11.1 Å². The van der Waals surface area contributed by atoms with Gasteiger partial charge in [-0.2, -0.15) is 5.26 Å². The molecule has 0 aromatic heterocycles. The molecule has 2 aliphatic rings. The number of allylic oxidation sites excluding steroid dienone is 3. The maximum atomic E-state index is 12.7. The maximum Gasteiger partial charge on any atom is 0.205 e. The van der Waals surface area contributed by atoms with Gasteiger partial charge in [-0.3, -0.25) is 4.79 Å². The molecule has 1 atom stereocenters. The molecule has 3 rings (SSSR count). The second-order valence-corrected chi connectivity index (χ2v) is 6.95. The smallest absolute Gasteiger partial charge is 0.205 e. The Morgan fingerprint density at radius 1 is 1.29 bits per heavy atom. The predicted octanol–water partition coefficient (Wildman–Crippen LogP) is 2.55. The van der Waals surface area contributed by atoms with Gasteiger partial charge in [0.2, 0.25) is 5.88 Å². The summed E-state index contributed by atoms with van der Waals surface area (Å²) in [7, 11) is 0. The fourth-order valence-electron chi connectivity index (χ4n) is 3.34. The number of hydrogen-bond acceptors (Lipinski definition) is 6. The number of carbonyl (C=O) groups excluding carboxylic acids is 1. The van der Waals surface area contributed by atoms with Crippen LogP contribution in [0.1, 0.15) is 38.2 Å². The van der Waals surface area contributed by atoms with Crippen LogP contribution in [-0.4, -0.2) is 16.0 Å². The van der Waals surface area contributed by atoms with Gasteiger partial charge >= 0.3 is 0 Å². The van der Waals surface area contributed by atoms with Crippen LogP contribution in [-0.2, 0) is 9.53 Å². The molecular formula is C18H18N2O4. The lowest BCUT2D eigenvalue weighted by molar-refractivity contribution is -0.119. The van der Waals surface area contributed by atoms with E-state index in [1.54, 1.807) is 6.07 Å².